The van der Waals surface area contributed by atoms with Gasteiger partial charge in [0.15, 0.2) is 5.58 Å². The third-order valence-corrected chi connectivity index (χ3v) is 5.46. The van der Waals surface area contributed by atoms with Gasteiger partial charge in [0.2, 0.25) is 0 Å². The average Bonchev–Trinajstić information content (AvgIpc) is 3.26. The van der Waals surface area contributed by atoms with Crippen LogP contribution >= 0.6 is 0 Å². The molecule has 1 aliphatic rings. The van der Waals surface area contributed by atoms with Gasteiger partial charge in [-0.1, -0.05) is 30.2 Å². The van der Waals surface area contributed by atoms with Gasteiger partial charge in [0.05, 0.1) is 17.3 Å². The molecule has 0 aliphatic carbocycles. The van der Waals surface area contributed by atoms with E-state index >= 15 is 0 Å². The Hall–Kier alpha value is -4.11. The van der Waals surface area contributed by atoms with Crippen LogP contribution < -0.4 is 5.76 Å². The summed E-state index contributed by atoms with van der Waals surface area (Å²) < 4.78 is 5.17. The number of nitrogens with zero attached hydrogens (tertiary/aromatic N) is 2. The lowest BCUT2D eigenvalue weighted by molar-refractivity contribution is 0.0708. The number of pyridine rings is 1. The first-order valence-corrected chi connectivity index (χ1v) is 9.56. The molecule has 1 unspecified atom stereocenters. The van der Waals surface area contributed by atoms with E-state index in [4.69, 9.17) is 10.8 Å². The van der Waals surface area contributed by atoms with Crippen LogP contribution in [0.1, 0.15) is 38.8 Å². The predicted octanol–water partition coefficient (Wildman–Crippen LogP) is 3.44. The molecule has 2 aromatic carbocycles. The zero-order valence-corrected chi connectivity index (χ0v) is 16.0. The summed E-state index contributed by atoms with van der Waals surface area (Å²) in [4.78, 5) is 33.6. The number of aromatic nitrogens is 2. The van der Waals surface area contributed by atoms with Crippen LogP contribution in [0.3, 0.4) is 0 Å². The minimum absolute atomic E-state index is 0.0376. The zero-order chi connectivity index (χ0) is 20.7. The first-order chi connectivity index (χ1) is 14.6. The van der Waals surface area contributed by atoms with Crippen LogP contribution in [0.4, 0.5) is 0 Å². The second-order valence-electron chi connectivity index (χ2n) is 7.23. The van der Waals surface area contributed by atoms with Crippen LogP contribution in [-0.2, 0) is 13.0 Å². The van der Waals surface area contributed by atoms with Crippen LogP contribution in [0.25, 0.3) is 11.1 Å². The fourth-order valence-corrected chi connectivity index (χ4v) is 4.05. The highest BCUT2D eigenvalue weighted by molar-refractivity contribution is 5.99. The molecule has 0 saturated carbocycles. The summed E-state index contributed by atoms with van der Waals surface area (Å²) in [6.07, 6.45) is 7.88. The van der Waals surface area contributed by atoms with E-state index in [9.17, 15) is 9.59 Å². The maximum absolute atomic E-state index is 13.2. The molecular weight excluding hydrogens is 378 g/mol. The van der Waals surface area contributed by atoms with Gasteiger partial charge in [0, 0.05) is 30.3 Å². The van der Waals surface area contributed by atoms with Crippen LogP contribution in [0.5, 0.6) is 0 Å². The summed E-state index contributed by atoms with van der Waals surface area (Å²) in [5.74, 6) is 2.14. The number of fused-ring (bicyclic) bond motifs is 2. The van der Waals surface area contributed by atoms with Crippen LogP contribution in [0.2, 0.25) is 0 Å². The summed E-state index contributed by atoms with van der Waals surface area (Å²) in [6.45, 7) is 0.376. The lowest BCUT2D eigenvalue weighted by Gasteiger charge is -2.26. The zero-order valence-electron chi connectivity index (χ0n) is 16.0. The molecule has 4 aromatic rings. The topological polar surface area (TPSA) is 79.2 Å². The SMILES string of the molecule is C#Cc1cccnc1CC1c2ccccc2C(=O)N1Cc1ccc2[nH]c(=O)oc2c1. The Morgan fingerprint density at radius 2 is 2.00 bits per heavy atom. The molecule has 0 spiro atoms. The number of benzene rings is 2. The van der Waals surface area contributed by atoms with E-state index in [0.717, 1.165) is 22.4 Å². The molecule has 30 heavy (non-hydrogen) atoms. The van der Waals surface area contributed by atoms with Crippen LogP contribution in [-0.4, -0.2) is 20.8 Å². The standard InChI is InChI=1S/C24H17N3O3/c1-2-16-6-5-11-25-20(16)13-21-17-7-3-4-8-18(17)23(28)27(21)14-15-9-10-19-22(12-15)30-24(29)26-19/h1,3-12,21H,13-14H2,(H,26,29). The fraction of sp³-hybridized carbons (Fsp3) is 0.125. The Labute approximate surface area is 172 Å². The van der Waals surface area contributed by atoms with Gasteiger partial charge in [-0.3, -0.25) is 14.8 Å². The molecule has 1 amide bonds. The highest BCUT2D eigenvalue weighted by Gasteiger charge is 2.36. The number of amides is 1. The number of terminal acetylenes is 1. The molecule has 0 bridgehead atoms. The third-order valence-electron chi connectivity index (χ3n) is 5.46. The molecule has 3 heterocycles. The van der Waals surface area contributed by atoms with Gasteiger partial charge in [0.25, 0.3) is 5.91 Å². The smallest absolute Gasteiger partial charge is 0.408 e. The van der Waals surface area contributed by atoms with Crippen LogP contribution in [0, 0.1) is 12.3 Å². The van der Waals surface area contributed by atoms with Crippen molar-refractivity contribution < 1.29 is 9.21 Å². The number of carbonyl (C=O) groups is 1. The molecule has 1 aliphatic heterocycles. The molecule has 0 fully saturated rings. The third kappa shape index (κ3) is 2.97. The number of hydrogen-bond acceptors (Lipinski definition) is 4. The normalized spacial score (nSPS) is 15.4. The van der Waals surface area contributed by atoms with Crippen molar-refractivity contribution in [3.05, 3.63) is 99.3 Å². The van der Waals surface area contributed by atoms with E-state index in [1.807, 2.05) is 47.4 Å². The molecule has 1 N–H and O–H groups in total. The number of rotatable bonds is 4. The summed E-state index contributed by atoms with van der Waals surface area (Å²) >= 11 is 0. The number of hydrogen-bond donors (Lipinski definition) is 1. The number of aromatic amines is 1. The quantitative estimate of drug-likeness (QED) is 0.537. The van der Waals surface area contributed by atoms with E-state index in [-0.39, 0.29) is 11.9 Å². The number of H-pyrrole nitrogens is 1. The molecule has 6 heteroatoms. The van der Waals surface area contributed by atoms with Gasteiger partial charge >= 0.3 is 5.76 Å². The molecular formula is C24H17N3O3. The molecule has 6 nitrogen and oxygen atoms in total. The average molecular weight is 395 g/mol. The van der Waals surface area contributed by atoms with E-state index in [2.05, 4.69) is 15.9 Å². The number of oxazole rings is 1. The maximum atomic E-state index is 13.2. The molecule has 5 rings (SSSR count). The highest BCUT2D eigenvalue weighted by Crippen LogP contribution is 2.37. The van der Waals surface area contributed by atoms with Crippen molar-refractivity contribution in [1.29, 1.82) is 0 Å². The Bertz CT molecular complexity index is 1380. The van der Waals surface area contributed by atoms with Crippen molar-refractivity contribution in [1.82, 2.24) is 14.9 Å². The van der Waals surface area contributed by atoms with Crippen molar-refractivity contribution in [2.24, 2.45) is 0 Å². The van der Waals surface area contributed by atoms with Crippen molar-refractivity contribution in [3.8, 4) is 12.3 Å². The molecule has 2 aromatic heterocycles. The maximum Gasteiger partial charge on any atom is 0.417 e. The lowest BCUT2D eigenvalue weighted by Crippen LogP contribution is -2.29. The van der Waals surface area contributed by atoms with Gasteiger partial charge in [-0.25, -0.2) is 4.79 Å². The first kappa shape index (κ1) is 18.0. The second-order valence-corrected chi connectivity index (χ2v) is 7.23. The lowest BCUT2D eigenvalue weighted by atomic mass is 9.98. The molecule has 0 saturated heterocycles. The molecule has 146 valence electrons. The van der Waals surface area contributed by atoms with Gasteiger partial charge in [-0.2, -0.15) is 0 Å². The monoisotopic (exact) mass is 395 g/mol. The van der Waals surface area contributed by atoms with Gasteiger partial charge in [0.1, 0.15) is 0 Å². The van der Waals surface area contributed by atoms with Gasteiger partial charge in [-0.15, -0.1) is 6.42 Å². The van der Waals surface area contributed by atoms with E-state index in [0.29, 0.717) is 29.6 Å². The predicted molar refractivity (Wildman–Crippen MR) is 112 cm³/mol. The first-order valence-electron chi connectivity index (χ1n) is 9.56. The summed E-state index contributed by atoms with van der Waals surface area (Å²) in [7, 11) is 0. The Balaban J connectivity index is 1.53. The Morgan fingerprint density at radius 1 is 1.13 bits per heavy atom. The van der Waals surface area contributed by atoms with Crippen molar-refractivity contribution in [2.75, 3.05) is 0 Å². The largest absolute Gasteiger partial charge is 0.417 e. The van der Waals surface area contributed by atoms with Gasteiger partial charge in [-0.05, 0) is 41.5 Å². The van der Waals surface area contributed by atoms with Crippen molar-refractivity contribution >= 4 is 17.0 Å². The van der Waals surface area contributed by atoms with Crippen molar-refractivity contribution in [2.45, 2.75) is 19.0 Å². The number of carbonyl (C=O) groups excluding carboxylic acids is 1. The highest BCUT2D eigenvalue weighted by atomic mass is 16.4. The van der Waals surface area contributed by atoms with Crippen molar-refractivity contribution in [3.63, 3.8) is 0 Å². The van der Waals surface area contributed by atoms with E-state index in [1.54, 1.807) is 18.3 Å². The van der Waals surface area contributed by atoms with E-state index in [1.165, 1.54) is 0 Å². The summed E-state index contributed by atoms with van der Waals surface area (Å²) in [5.41, 5.74) is 5.13. The second kappa shape index (κ2) is 7.05. The fourth-order valence-electron chi connectivity index (χ4n) is 4.05. The molecule has 1 atom stereocenters. The minimum atomic E-state index is -0.498. The Kier molecular flexibility index (Phi) is 4.22. The molecule has 0 radical (unpaired) electrons. The summed E-state index contributed by atoms with van der Waals surface area (Å²) in [6, 6.07) is 16.6. The minimum Gasteiger partial charge on any atom is -0.408 e. The van der Waals surface area contributed by atoms with Gasteiger partial charge < -0.3 is 9.32 Å². The number of nitrogens with one attached hydrogen (secondary N) is 1. The van der Waals surface area contributed by atoms with E-state index < -0.39 is 5.76 Å². The Morgan fingerprint density at radius 3 is 2.87 bits per heavy atom. The van der Waals surface area contributed by atoms with Crippen LogP contribution in [0.15, 0.2) is 70.0 Å². The summed E-state index contributed by atoms with van der Waals surface area (Å²) in [5, 5.41) is 0.